The Bertz CT molecular complexity index is 441. The fourth-order valence-electron chi connectivity index (χ4n) is 0.769. The smallest absolute Gasteiger partial charge is 0.731 e. The van der Waals surface area contributed by atoms with E-state index in [9.17, 15) is 13.0 Å². The fourth-order valence-corrected chi connectivity index (χ4v) is 1.66. The maximum atomic E-state index is 10.3. The predicted molar refractivity (Wildman–Crippen MR) is 51.4 cm³/mol. The molecule has 0 aliphatic carbocycles. The molecule has 0 atom stereocenters. The van der Waals surface area contributed by atoms with Crippen molar-refractivity contribution in [2.24, 2.45) is 0 Å². The van der Waals surface area contributed by atoms with Crippen LogP contribution in [0.5, 0.6) is 5.75 Å². The maximum Gasteiger partial charge on any atom is 1.00 e. The van der Waals surface area contributed by atoms with Crippen molar-refractivity contribution in [2.45, 2.75) is 0 Å². The number of hydrogen-bond donors (Lipinski definition) is 2. The molecule has 0 aromatic heterocycles. The molecule has 5 nitrogen and oxygen atoms in total. The van der Waals surface area contributed by atoms with Crippen LogP contribution in [0.4, 0.5) is 5.69 Å². The van der Waals surface area contributed by atoms with E-state index in [2.05, 4.69) is 0 Å². The van der Waals surface area contributed by atoms with Crippen LogP contribution in [-0.4, -0.2) is 18.1 Å². The van der Waals surface area contributed by atoms with Crippen molar-refractivity contribution in [1.29, 1.82) is 0 Å². The first kappa shape index (κ1) is 15.3. The summed E-state index contributed by atoms with van der Waals surface area (Å²) in [6, 6.07) is 2.14. The second-order valence-corrected chi connectivity index (χ2v) is 4.27. The van der Waals surface area contributed by atoms with E-state index in [1.807, 2.05) is 0 Å². The van der Waals surface area contributed by atoms with E-state index < -0.39 is 10.3 Å². The molecule has 0 aliphatic heterocycles. The summed E-state index contributed by atoms with van der Waals surface area (Å²) >= 11 is 11.0. The molecule has 0 radical (unpaired) electrons. The molecule has 0 spiro atoms. The van der Waals surface area contributed by atoms with E-state index in [1.165, 1.54) is 0 Å². The number of aromatic hydroxyl groups is 1. The maximum absolute atomic E-state index is 10.3. The van der Waals surface area contributed by atoms with Crippen LogP contribution >= 0.6 is 23.2 Å². The van der Waals surface area contributed by atoms with E-state index in [4.69, 9.17) is 28.3 Å². The Morgan fingerprint density at radius 1 is 1.27 bits per heavy atom. The Morgan fingerprint density at radius 2 is 1.67 bits per heavy atom. The van der Waals surface area contributed by atoms with Gasteiger partial charge in [-0.05, 0) is 12.1 Å². The fraction of sp³-hybridized carbons (Fsp3) is 0. The molecule has 1 aromatic carbocycles. The molecule has 0 heterocycles. The van der Waals surface area contributed by atoms with Gasteiger partial charge in [0.15, 0.2) is 16.1 Å². The molecule has 0 bridgehead atoms. The van der Waals surface area contributed by atoms with Gasteiger partial charge >= 0.3 is 29.6 Å². The minimum atomic E-state index is -4.62. The molecule has 9 heteroatoms. The minimum Gasteiger partial charge on any atom is -0.731 e. The third-order valence-corrected chi connectivity index (χ3v) is 2.32. The predicted octanol–water partition coefficient (Wildman–Crippen LogP) is -1.42. The average molecular weight is 280 g/mol. The molecule has 0 amide bonds. The molecular formula is C6H4Cl2NNaO4S. The molecule has 0 fully saturated rings. The largest absolute Gasteiger partial charge is 1.00 e. The zero-order chi connectivity index (χ0) is 10.9. The third kappa shape index (κ3) is 4.78. The number of halogens is 2. The summed E-state index contributed by atoms with van der Waals surface area (Å²) in [6.07, 6.45) is 0. The van der Waals surface area contributed by atoms with Gasteiger partial charge in [-0.25, -0.2) is 8.42 Å². The zero-order valence-electron chi connectivity index (χ0n) is 7.49. The summed E-state index contributed by atoms with van der Waals surface area (Å²) in [6.45, 7) is 0. The van der Waals surface area contributed by atoms with E-state index in [0.717, 1.165) is 12.1 Å². The Morgan fingerprint density at radius 3 is 2.00 bits per heavy atom. The van der Waals surface area contributed by atoms with Gasteiger partial charge in [-0.3, -0.25) is 4.72 Å². The number of nitrogens with one attached hydrogen (secondary N) is 1. The van der Waals surface area contributed by atoms with Gasteiger partial charge in [0.2, 0.25) is 0 Å². The number of phenolic OH excluding ortho intramolecular Hbond substituents is 1. The molecule has 0 saturated carbocycles. The molecule has 0 unspecified atom stereocenters. The average Bonchev–Trinajstić information content (AvgIpc) is 1.96. The Kier molecular flexibility index (Phi) is 5.70. The summed E-state index contributed by atoms with van der Waals surface area (Å²) in [5, 5.41) is 8.81. The summed E-state index contributed by atoms with van der Waals surface area (Å²) in [5.41, 5.74) is -0.104. The van der Waals surface area contributed by atoms with E-state index in [0.29, 0.717) is 0 Å². The van der Waals surface area contributed by atoms with Crippen molar-refractivity contribution in [1.82, 2.24) is 0 Å². The van der Waals surface area contributed by atoms with Crippen molar-refractivity contribution in [3.63, 3.8) is 0 Å². The molecule has 15 heavy (non-hydrogen) atoms. The number of anilines is 1. The van der Waals surface area contributed by atoms with Crippen molar-refractivity contribution >= 4 is 39.2 Å². The number of benzene rings is 1. The van der Waals surface area contributed by atoms with Gasteiger partial charge in [0, 0.05) is 0 Å². The van der Waals surface area contributed by atoms with E-state index in [1.54, 1.807) is 4.72 Å². The third-order valence-electron chi connectivity index (χ3n) is 1.26. The van der Waals surface area contributed by atoms with Crippen molar-refractivity contribution in [3.8, 4) is 5.75 Å². The van der Waals surface area contributed by atoms with Gasteiger partial charge in [-0.1, -0.05) is 23.2 Å². The van der Waals surface area contributed by atoms with E-state index in [-0.39, 0.29) is 51.0 Å². The SMILES string of the molecule is O=S(=O)([O-])Nc1cc(Cl)c(O)c(Cl)c1.[Na+]. The number of phenols is 1. The Labute approximate surface area is 119 Å². The molecule has 78 valence electrons. The van der Waals surface area contributed by atoms with Gasteiger partial charge in [0.05, 0.1) is 15.7 Å². The van der Waals surface area contributed by atoms with Crippen LogP contribution < -0.4 is 34.3 Å². The Balaban J connectivity index is 0.00000196. The molecule has 0 saturated heterocycles. The molecule has 1 aromatic rings. The number of rotatable bonds is 2. The van der Waals surface area contributed by atoms with Crippen LogP contribution in [0.3, 0.4) is 0 Å². The van der Waals surface area contributed by atoms with Crippen LogP contribution in [0.15, 0.2) is 12.1 Å². The summed E-state index contributed by atoms with van der Waals surface area (Å²) in [5.74, 6) is -0.373. The van der Waals surface area contributed by atoms with Gasteiger partial charge in [-0.2, -0.15) is 0 Å². The molecular weight excluding hydrogens is 276 g/mol. The van der Waals surface area contributed by atoms with Gasteiger partial charge in [-0.15, -0.1) is 0 Å². The summed E-state index contributed by atoms with van der Waals surface area (Å²) < 4.78 is 32.5. The molecule has 0 aliphatic rings. The van der Waals surface area contributed by atoms with Crippen molar-refractivity contribution in [2.75, 3.05) is 4.72 Å². The zero-order valence-corrected chi connectivity index (χ0v) is 11.8. The second kappa shape index (κ2) is 5.58. The minimum absolute atomic E-state index is 0. The van der Waals surface area contributed by atoms with E-state index >= 15 is 0 Å². The van der Waals surface area contributed by atoms with Crippen LogP contribution in [0.2, 0.25) is 10.0 Å². The van der Waals surface area contributed by atoms with Crippen LogP contribution in [-0.2, 0) is 10.3 Å². The standard InChI is InChI=1S/C6H5Cl2NO4S.Na/c7-4-1-3(9-14(11,12)13)2-5(8)6(4)10;/h1-2,9-10H,(H,11,12,13);/q;+1/p-1. The van der Waals surface area contributed by atoms with Crippen molar-refractivity contribution < 1.29 is 47.6 Å². The summed E-state index contributed by atoms with van der Waals surface area (Å²) in [4.78, 5) is 0. The normalized spacial score (nSPS) is 10.6. The van der Waals surface area contributed by atoms with Gasteiger partial charge in [0.25, 0.3) is 0 Å². The quantitative estimate of drug-likeness (QED) is 0.395. The molecule has 1 rings (SSSR count). The second-order valence-electron chi connectivity index (χ2n) is 2.34. The van der Waals surface area contributed by atoms with Crippen LogP contribution in [0.25, 0.3) is 0 Å². The molecule has 2 N–H and O–H groups in total. The Hall–Kier alpha value is 0.310. The van der Waals surface area contributed by atoms with Gasteiger partial charge in [0.1, 0.15) is 0 Å². The van der Waals surface area contributed by atoms with Crippen LogP contribution in [0.1, 0.15) is 0 Å². The first-order valence-electron chi connectivity index (χ1n) is 3.21. The number of hydrogen-bond acceptors (Lipinski definition) is 4. The first-order valence-corrected chi connectivity index (χ1v) is 5.37. The first-order chi connectivity index (χ1) is 6.29. The van der Waals surface area contributed by atoms with Crippen molar-refractivity contribution in [3.05, 3.63) is 22.2 Å². The monoisotopic (exact) mass is 279 g/mol. The van der Waals surface area contributed by atoms with Gasteiger partial charge < -0.3 is 9.66 Å². The summed E-state index contributed by atoms with van der Waals surface area (Å²) in [7, 11) is -4.62. The topological polar surface area (TPSA) is 89.5 Å². The van der Waals surface area contributed by atoms with Crippen LogP contribution in [0, 0.1) is 0 Å².